The topological polar surface area (TPSA) is 117 Å². The number of carbonyl (C=O) groups excluding carboxylic acids is 1. The van der Waals surface area contributed by atoms with Gasteiger partial charge < -0.3 is 14.7 Å². The fraction of sp³-hybridized carbons (Fsp3) is 0.562. The molecule has 1 fully saturated rings. The van der Waals surface area contributed by atoms with Crippen molar-refractivity contribution >= 4 is 21.9 Å². The van der Waals surface area contributed by atoms with Gasteiger partial charge in [-0.1, -0.05) is 6.07 Å². The van der Waals surface area contributed by atoms with Crippen molar-refractivity contribution in [3.8, 4) is 0 Å². The number of ether oxygens (including phenoxy) is 1. The Hall–Kier alpha value is -2.04. The van der Waals surface area contributed by atoms with Crippen LogP contribution in [0.5, 0.6) is 0 Å². The van der Waals surface area contributed by atoms with Crippen LogP contribution in [-0.2, 0) is 24.3 Å². The highest BCUT2D eigenvalue weighted by atomic mass is 32.2. The van der Waals surface area contributed by atoms with E-state index in [0.717, 1.165) is 16.1 Å². The molecule has 2 heterocycles. The Morgan fingerprint density at radius 2 is 2.23 bits per heavy atom. The minimum Gasteiger partial charge on any atom is -0.480 e. The van der Waals surface area contributed by atoms with E-state index in [2.05, 4.69) is 4.98 Å². The third kappa shape index (κ3) is 5.48. The number of hydrogen-bond acceptors (Lipinski definition) is 6. The van der Waals surface area contributed by atoms with Crippen LogP contribution in [0.1, 0.15) is 18.4 Å². The summed E-state index contributed by atoms with van der Waals surface area (Å²) in [6.45, 7) is 1.90. The summed E-state index contributed by atoms with van der Waals surface area (Å²) in [4.78, 5) is 29.3. The van der Waals surface area contributed by atoms with Crippen molar-refractivity contribution in [2.75, 3.05) is 39.0 Å². The van der Waals surface area contributed by atoms with Gasteiger partial charge in [0.15, 0.2) is 0 Å². The van der Waals surface area contributed by atoms with Gasteiger partial charge in [0.25, 0.3) is 0 Å². The highest BCUT2D eigenvalue weighted by Crippen LogP contribution is 2.19. The summed E-state index contributed by atoms with van der Waals surface area (Å²) in [5.41, 5.74) is 0.796. The molecule has 1 aromatic heterocycles. The molecule has 144 valence electrons. The van der Waals surface area contributed by atoms with Crippen LogP contribution in [0.15, 0.2) is 24.5 Å². The van der Waals surface area contributed by atoms with E-state index in [1.165, 1.54) is 0 Å². The molecule has 1 N–H and O–H groups in total. The Morgan fingerprint density at radius 1 is 1.50 bits per heavy atom. The number of nitrogens with zero attached hydrogens (tertiary/aromatic N) is 3. The summed E-state index contributed by atoms with van der Waals surface area (Å²) in [6.07, 6.45) is 3.64. The zero-order chi connectivity index (χ0) is 19.3. The molecular formula is C16H23N3O6S. The second-order valence-electron chi connectivity index (χ2n) is 6.23. The van der Waals surface area contributed by atoms with Crippen molar-refractivity contribution in [2.24, 2.45) is 0 Å². The minimum atomic E-state index is -3.70. The number of amides is 1. The number of morpholine rings is 1. The summed E-state index contributed by atoms with van der Waals surface area (Å²) >= 11 is 0. The van der Waals surface area contributed by atoms with Crippen LogP contribution in [0.25, 0.3) is 0 Å². The fourth-order valence-electron chi connectivity index (χ4n) is 2.77. The molecule has 1 amide bonds. The second kappa shape index (κ2) is 8.56. The number of carboxylic acid groups (broad SMARTS) is 1. The lowest BCUT2D eigenvalue weighted by molar-refractivity contribution is -0.142. The first-order valence-corrected chi connectivity index (χ1v) is 10.0. The molecule has 0 aliphatic carbocycles. The highest BCUT2D eigenvalue weighted by Gasteiger charge is 2.31. The summed E-state index contributed by atoms with van der Waals surface area (Å²) in [5, 5.41) is 8.90. The summed E-state index contributed by atoms with van der Waals surface area (Å²) in [6, 6.07) is 3.59. The lowest BCUT2D eigenvalue weighted by atomic mass is 10.0. The van der Waals surface area contributed by atoms with E-state index >= 15 is 0 Å². The quantitative estimate of drug-likeness (QED) is 0.688. The zero-order valence-electron chi connectivity index (χ0n) is 14.7. The van der Waals surface area contributed by atoms with Gasteiger partial charge in [0.05, 0.1) is 24.9 Å². The smallest absolute Gasteiger partial charge is 0.318 e. The molecule has 0 saturated carbocycles. The van der Waals surface area contributed by atoms with Crippen molar-refractivity contribution in [1.29, 1.82) is 0 Å². The summed E-state index contributed by atoms with van der Waals surface area (Å²) in [5.74, 6) is -1.73. The van der Waals surface area contributed by atoms with Crippen LogP contribution >= 0.6 is 0 Å². The molecule has 1 saturated heterocycles. The molecular weight excluding hydrogens is 362 g/mol. The Bertz CT molecular complexity index is 740. The van der Waals surface area contributed by atoms with Gasteiger partial charge in [-0.3, -0.25) is 14.6 Å². The van der Waals surface area contributed by atoms with Crippen molar-refractivity contribution in [1.82, 2.24) is 14.2 Å². The summed E-state index contributed by atoms with van der Waals surface area (Å²) in [7, 11) is -3.70. The first kappa shape index (κ1) is 20.3. The molecule has 2 unspecified atom stereocenters. The molecule has 1 aromatic rings. The maximum absolute atomic E-state index is 12.7. The molecule has 0 spiro atoms. The molecule has 1 aliphatic rings. The maximum atomic E-state index is 12.7. The predicted octanol–water partition coefficient (Wildman–Crippen LogP) is -0.241. The Balaban J connectivity index is 2.03. The SMILES string of the molecule is CC(C(=O)N1CCOC(CN(CC(=O)O)S(C)(=O)=O)C1)c1cccnc1. The van der Waals surface area contributed by atoms with Crippen LogP contribution in [0.2, 0.25) is 0 Å². The van der Waals surface area contributed by atoms with Gasteiger partial charge in [-0.2, -0.15) is 4.31 Å². The van der Waals surface area contributed by atoms with Crippen molar-refractivity contribution in [3.63, 3.8) is 0 Å². The number of carbonyl (C=O) groups is 2. The molecule has 26 heavy (non-hydrogen) atoms. The standard InChI is InChI=1S/C16H23N3O6S/c1-12(13-4-3-5-17-8-13)16(22)18-6-7-25-14(9-18)10-19(11-15(20)21)26(2,23)24/h3-5,8,12,14H,6-7,9-11H2,1-2H3,(H,20,21). The molecule has 10 heteroatoms. The van der Waals surface area contributed by atoms with E-state index in [1.54, 1.807) is 30.3 Å². The third-order valence-electron chi connectivity index (χ3n) is 4.19. The van der Waals surface area contributed by atoms with E-state index in [4.69, 9.17) is 9.84 Å². The van der Waals surface area contributed by atoms with E-state index in [-0.39, 0.29) is 31.5 Å². The minimum absolute atomic E-state index is 0.101. The monoisotopic (exact) mass is 385 g/mol. The third-order valence-corrected chi connectivity index (χ3v) is 5.41. The number of hydrogen-bond donors (Lipinski definition) is 1. The van der Waals surface area contributed by atoms with E-state index in [0.29, 0.717) is 6.54 Å². The fourth-order valence-corrected chi connectivity index (χ4v) is 3.56. The Kier molecular flexibility index (Phi) is 6.68. The van der Waals surface area contributed by atoms with Crippen molar-refractivity contribution in [3.05, 3.63) is 30.1 Å². The number of pyridine rings is 1. The molecule has 2 rings (SSSR count). The van der Waals surface area contributed by atoms with Crippen LogP contribution < -0.4 is 0 Å². The van der Waals surface area contributed by atoms with Gasteiger partial charge in [0, 0.05) is 32.0 Å². The summed E-state index contributed by atoms with van der Waals surface area (Å²) < 4.78 is 29.9. The first-order chi connectivity index (χ1) is 12.2. The van der Waals surface area contributed by atoms with Crippen LogP contribution in [0.3, 0.4) is 0 Å². The lowest BCUT2D eigenvalue weighted by Crippen LogP contribution is -2.51. The molecule has 1 aliphatic heterocycles. The number of aromatic nitrogens is 1. The highest BCUT2D eigenvalue weighted by molar-refractivity contribution is 7.88. The van der Waals surface area contributed by atoms with Crippen molar-refractivity contribution in [2.45, 2.75) is 18.9 Å². The van der Waals surface area contributed by atoms with Gasteiger partial charge >= 0.3 is 5.97 Å². The van der Waals surface area contributed by atoms with E-state index in [1.807, 2.05) is 6.07 Å². The van der Waals surface area contributed by atoms with E-state index < -0.39 is 28.6 Å². The molecule has 9 nitrogen and oxygen atoms in total. The van der Waals surface area contributed by atoms with Crippen LogP contribution in [0.4, 0.5) is 0 Å². The lowest BCUT2D eigenvalue weighted by Gasteiger charge is -2.36. The molecule has 0 bridgehead atoms. The maximum Gasteiger partial charge on any atom is 0.318 e. The van der Waals surface area contributed by atoms with Crippen LogP contribution in [0, 0.1) is 0 Å². The molecule has 0 aromatic carbocycles. The average Bonchev–Trinajstić information content (AvgIpc) is 2.60. The largest absolute Gasteiger partial charge is 0.480 e. The number of sulfonamides is 1. The zero-order valence-corrected chi connectivity index (χ0v) is 15.6. The second-order valence-corrected chi connectivity index (χ2v) is 8.22. The molecule has 2 atom stereocenters. The normalized spacial score (nSPS) is 19.3. The predicted molar refractivity (Wildman–Crippen MR) is 93.0 cm³/mol. The number of carboxylic acids is 1. The van der Waals surface area contributed by atoms with Gasteiger partial charge in [-0.15, -0.1) is 0 Å². The van der Waals surface area contributed by atoms with E-state index in [9.17, 15) is 18.0 Å². The van der Waals surface area contributed by atoms with Crippen LogP contribution in [-0.4, -0.2) is 84.7 Å². The van der Waals surface area contributed by atoms with Gasteiger partial charge in [-0.05, 0) is 18.6 Å². The molecule has 0 radical (unpaired) electrons. The van der Waals surface area contributed by atoms with Gasteiger partial charge in [0.1, 0.15) is 6.54 Å². The van der Waals surface area contributed by atoms with Crippen molar-refractivity contribution < 1.29 is 27.9 Å². The Labute approximate surface area is 152 Å². The Morgan fingerprint density at radius 3 is 2.81 bits per heavy atom. The number of rotatable bonds is 7. The first-order valence-electron chi connectivity index (χ1n) is 8.15. The van der Waals surface area contributed by atoms with Gasteiger partial charge in [0.2, 0.25) is 15.9 Å². The average molecular weight is 385 g/mol. The van der Waals surface area contributed by atoms with Gasteiger partial charge in [-0.25, -0.2) is 8.42 Å². The number of aliphatic carboxylic acids is 1.